The van der Waals surface area contributed by atoms with E-state index in [1.54, 1.807) is 12.1 Å². The lowest BCUT2D eigenvalue weighted by molar-refractivity contribution is 0.0822. The number of rotatable bonds is 3. The zero-order valence-electron chi connectivity index (χ0n) is 15.4. The Morgan fingerprint density at radius 2 is 1.58 bits per heavy atom. The van der Waals surface area contributed by atoms with Gasteiger partial charge in [0.1, 0.15) is 5.75 Å². The molecule has 2 unspecified atom stereocenters. The van der Waals surface area contributed by atoms with Gasteiger partial charge in [-0.2, -0.15) is 0 Å². The lowest BCUT2D eigenvalue weighted by Crippen LogP contribution is -2.32. The molecule has 26 heavy (non-hydrogen) atoms. The number of carbonyl (C=O) groups excluding carboxylic acids is 1. The number of ketones is 1. The first-order valence-corrected chi connectivity index (χ1v) is 10.1. The van der Waals surface area contributed by atoms with Crippen LogP contribution in [0.3, 0.4) is 0 Å². The van der Waals surface area contributed by atoms with Crippen LogP contribution in [0.4, 0.5) is 0 Å². The van der Waals surface area contributed by atoms with E-state index in [1.807, 2.05) is 24.3 Å². The molecule has 2 nitrogen and oxygen atoms in total. The van der Waals surface area contributed by atoms with E-state index in [0.29, 0.717) is 23.4 Å². The molecule has 0 spiro atoms. The highest BCUT2D eigenvalue weighted by atomic mass is 16.3. The van der Waals surface area contributed by atoms with E-state index in [2.05, 4.69) is 12.1 Å². The largest absolute Gasteiger partial charge is 0.508 e. The standard InChI is InChI=1S/C24H28O2/c25-20-13-11-17(12-14-20)15-19-16-23(18-7-3-1-2-4-8-18)24(26)22-10-6-5-9-21(19)22/h5-6,9-14,18-19,23,25H,1-4,7-8,15-16H2. The molecule has 0 heterocycles. The quantitative estimate of drug-likeness (QED) is 0.702. The van der Waals surface area contributed by atoms with Crippen molar-refractivity contribution in [1.82, 2.24) is 0 Å². The normalized spacial score (nSPS) is 24.1. The molecule has 0 amide bonds. The van der Waals surface area contributed by atoms with Crippen molar-refractivity contribution in [2.24, 2.45) is 11.8 Å². The van der Waals surface area contributed by atoms with Crippen molar-refractivity contribution in [2.75, 3.05) is 0 Å². The van der Waals surface area contributed by atoms with Gasteiger partial charge < -0.3 is 5.11 Å². The average molecular weight is 348 g/mol. The highest BCUT2D eigenvalue weighted by molar-refractivity contribution is 6.00. The second-order valence-corrected chi connectivity index (χ2v) is 8.11. The van der Waals surface area contributed by atoms with E-state index in [4.69, 9.17) is 0 Å². The number of benzene rings is 2. The minimum atomic E-state index is 0.185. The predicted molar refractivity (Wildman–Crippen MR) is 105 cm³/mol. The third-order valence-electron chi connectivity index (χ3n) is 6.43. The summed E-state index contributed by atoms with van der Waals surface area (Å²) in [5, 5.41) is 9.55. The molecule has 2 aromatic carbocycles. The number of hydrogen-bond donors (Lipinski definition) is 1. The fraction of sp³-hybridized carbons (Fsp3) is 0.458. The average Bonchev–Trinajstić information content (AvgIpc) is 2.95. The summed E-state index contributed by atoms with van der Waals surface area (Å²) in [5.41, 5.74) is 3.41. The van der Waals surface area contributed by atoms with Crippen LogP contribution >= 0.6 is 0 Å². The van der Waals surface area contributed by atoms with E-state index in [0.717, 1.165) is 18.4 Å². The van der Waals surface area contributed by atoms with Crippen LogP contribution in [0.25, 0.3) is 0 Å². The van der Waals surface area contributed by atoms with E-state index in [9.17, 15) is 9.90 Å². The molecule has 1 fully saturated rings. The van der Waals surface area contributed by atoms with Gasteiger partial charge in [-0.15, -0.1) is 0 Å². The van der Waals surface area contributed by atoms with Gasteiger partial charge in [0, 0.05) is 11.5 Å². The Morgan fingerprint density at radius 3 is 2.31 bits per heavy atom. The SMILES string of the molecule is O=C1c2ccccc2C(Cc2ccc(O)cc2)CC1C1CCCCCC1. The molecule has 0 aliphatic heterocycles. The maximum atomic E-state index is 13.2. The summed E-state index contributed by atoms with van der Waals surface area (Å²) < 4.78 is 0. The van der Waals surface area contributed by atoms with E-state index in [-0.39, 0.29) is 5.92 Å². The maximum absolute atomic E-state index is 13.2. The number of phenols is 1. The molecule has 1 N–H and O–H groups in total. The third-order valence-corrected chi connectivity index (χ3v) is 6.43. The molecule has 2 aliphatic carbocycles. The Kier molecular flexibility index (Phi) is 5.10. The summed E-state index contributed by atoms with van der Waals surface area (Å²) >= 11 is 0. The molecule has 2 heteroatoms. The molecule has 136 valence electrons. The lowest BCUT2D eigenvalue weighted by Gasteiger charge is -2.35. The van der Waals surface area contributed by atoms with Gasteiger partial charge in [-0.25, -0.2) is 0 Å². The number of fused-ring (bicyclic) bond motifs is 1. The first-order chi connectivity index (χ1) is 12.7. The van der Waals surface area contributed by atoms with E-state index in [1.165, 1.54) is 49.7 Å². The van der Waals surface area contributed by atoms with Crippen molar-refractivity contribution in [3.05, 3.63) is 65.2 Å². The van der Waals surface area contributed by atoms with Crippen molar-refractivity contribution < 1.29 is 9.90 Å². The van der Waals surface area contributed by atoms with Crippen molar-refractivity contribution >= 4 is 5.78 Å². The fourth-order valence-corrected chi connectivity index (χ4v) is 5.05. The van der Waals surface area contributed by atoms with Crippen LogP contribution in [0.1, 0.15) is 72.3 Å². The monoisotopic (exact) mass is 348 g/mol. The van der Waals surface area contributed by atoms with Gasteiger partial charge in [-0.05, 0) is 60.8 Å². The van der Waals surface area contributed by atoms with Crippen LogP contribution in [-0.4, -0.2) is 10.9 Å². The summed E-state index contributed by atoms with van der Waals surface area (Å²) in [5.74, 6) is 1.83. The van der Waals surface area contributed by atoms with Crippen LogP contribution in [0.15, 0.2) is 48.5 Å². The van der Waals surface area contributed by atoms with Crippen molar-refractivity contribution in [2.45, 2.75) is 57.3 Å². The summed E-state index contributed by atoms with van der Waals surface area (Å²) in [6.07, 6.45) is 9.54. The molecule has 0 bridgehead atoms. The molecule has 1 saturated carbocycles. The van der Waals surface area contributed by atoms with Crippen molar-refractivity contribution in [3.63, 3.8) is 0 Å². The molecule has 4 rings (SSSR count). The second kappa shape index (κ2) is 7.65. The number of hydrogen-bond acceptors (Lipinski definition) is 2. The molecule has 2 aromatic rings. The first kappa shape index (κ1) is 17.3. The molecule has 0 saturated heterocycles. The van der Waals surface area contributed by atoms with Crippen LogP contribution < -0.4 is 0 Å². The minimum Gasteiger partial charge on any atom is -0.508 e. The molecule has 0 radical (unpaired) electrons. The Morgan fingerprint density at radius 1 is 0.885 bits per heavy atom. The Balaban J connectivity index is 1.63. The van der Waals surface area contributed by atoms with Gasteiger partial charge >= 0.3 is 0 Å². The van der Waals surface area contributed by atoms with Gasteiger partial charge in [0.25, 0.3) is 0 Å². The molecular formula is C24H28O2. The second-order valence-electron chi connectivity index (χ2n) is 8.11. The maximum Gasteiger partial charge on any atom is 0.166 e. The smallest absolute Gasteiger partial charge is 0.166 e. The highest BCUT2D eigenvalue weighted by Gasteiger charge is 2.37. The summed E-state index contributed by atoms with van der Waals surface area (Å²) in [7, 11) is 0. The summed E-state index contributed by atoms with van der Waals surface area (Å²) in [4.78, 5) is 13.2. The highest BCUT2D eigenvalue weighted by Crippen LogP contribution is 2.43. The van der Waals surface area contributed by atoms with Gasteiger partial charge in [0.05, 0.1) is 0 Å². The number of carbonyl (C=O) groups is 1. The van der Waals surface area contributed by atoms with Crippen LogP contribution in [0, 0.1) is 11.8 Å². The fourth-order valence-electron chi connectivity index (χ4n) is 5.05. The Bertz CT molecular complexity index is 754. The van der Waals surface area contributed by atoms with Crippen LogP contribution in [0.2, 0.25) is 0 Å². The van der Waals surface area contributed by atoms with Gasteiger partial charge in [0.15, 0.2) is 5.78 Å². The molecular weight excluding hydrogens is 320 g/mol. The first-order valence-electron chi connectivity index (χ1n) is 10.1. The summed E-state index contributed by atoms with van der Waals surface area (Å²) in [6.45, 7) is 0. The minimum absolute atomic E-state index is 0.185. The topological polar surface area (TPSA) is 37.3 Å². The molecule has 2 aliphatic rings. The van der Waals surface area contributed by atoms with Crippen molar-refractivity contribution in [1.29, 1.82) is 0 Å². The van der Waals surface area contributed by atoms with Crippen molar-refractivity contribution in [3.8, 4) is 5.75 Å². The lowest BCUT2D eigenvalue weighted by atomic mass is 9.68. The van der Waals surface area contributed by atoms with Gasteiger partial charge in [-0.1, -0.05) is 62.1 Å². The number of phenolic OH excluding ortho intramolecular Hbond substituents is 1. The Labute approximate surface area is 156 Å². The zero-order chi connectivity index (χ0) is 17.9. The van der Waals surface area contributed by atoms with Crippen LogP contribution in [-0.2, 0) is 6.42 Å². The number of aromatic hydroxyl groups is 1. The number of Topliss-reactive ketones (excluding diaryl/α,β-unsaturated/α-hetero) is 1. The zero-order valence-corrected chi connectivity index (χ0v) is 15.4. The third kappa shape index (κ3) is 3.56. The van der Waals surface area contributed by atoms with E-state index >= 15 is 0 Å². The molecule has 0 aromatic heterocycles. The Hall–Kier alpha value is -2.09. The van der Waals surface area contributed by atoms with Gasteiger partial charge in [-0.3, -0.25) is 4.79 Å². The van der Waals surface area contributed by atoms with Gasteiger partial charge in [0.2, 0.25) is 0 Å². The molecule has 2 atom stereocenters. The predicted octanol–water partition coefficient (Wildman–Crippen LogP) is 5.89. The van der Waals surface area contributed by atoms with Crippen LogP contribution in [0.5, 0.6) is 5.75 Å². The van der Waals surface area contributed by atoms with E-state index < -0.39 is 0 Å². The summed E-state index contributed by atoms with van der Waals surface area (Å²) in [6, 6.07) is 15.8.